The van der Waals surface area contributed by atoms with Gasteiger partial charge in [0.2, 0.25) is 0 Å². The number of nitrogens with two attached hydrogens (primary N) is 1. The second-order valence-corrected chi connectivity index (χ2v) is 4.99. The van der Waals surface area contributed by atoms with Crippen LogP contribution in [0.5, 0.6) is 0 Å². The monoisotopic (exact) mass is 282 g/mol. The van der Waals surface area contributed by atoms with Crippen molar-refractivity contribution in [2.24, 2.45) is 7.05 Å². The van der Waals surface area contributed by atoms with Gasteiger partial charge in [-0.15, -0.1) is 0 Å². The topological polar surface area (TPSA) is 56.7 Å². The molecule has 5 heteroatoms. The molecule has 0 fully saturated rings. The van der Waals surface area contributed by atoms with Crippen LogP contribution in [0.3, 0.4) is 0 Å². The van der Waals surface area contributed by atoms with Crippen LogP contribution in [0.2, 0.25) is 0 Å². The lowest BCUT2D eigenvalue weighted by Gasteiger charge is -2.05. The van der Waals surface area contributed by atoms with E-state index in [1.807, 2.05) is 25.1 Å². The third-order valence-electron chi connectivity index (χ3n) is 3.36. The molecule has 21 heavy (non-hydrogen) atoms. The Hall–Kier alpha value is -2.69. The van der Waals surface area contributed by atoms with E-state index in [0.29, 0.717) is 17.1 Å². The SMILES string of the molecule is Cc1cc(F)cc(-c2nn(C)c(N)c2-c2cccnc2)c1. The van der Waals surface area contributed by atoms with Gasteiger partial charge in [-0.1, -0.05) is 6.07 Å². The number of nitrogen functional groups attached to an aromatic ring is 1. The first-order chi connectivity index (χ1) is 10.1. The zero-order chi connectivity index (χ0) is 15.0. The second-order valence-electron chi connectivity index (χ2n) is 4.99. The molecule has 2 N–H and O–H groups in total. The molecule has 0 radical (unpaired) electrons. The van der Waals surface area contributed by atoms with Gasteiger partial charge in [0.05, 0.1) is 5.56 Å². The van der Waals surface area contributed by atoms with Crippen molar-refractivity contribution in [1.82, 2.24) is 14.8 Å². The van der Waals surface area contributed by atoms with Crippen molar-refractivity contribution >= 4 is 5.82 Å². The zero-order valence-electron chi connectivity index (χ0n) is 11.8. The van der Waals surface area contributed by atoms with Crippen molar-refractivity contribution in [3.05, 3.63) is 54.1 Å². The molecule has 0 bridgehead atoms. The van der Waals surface area contributed by atoms with Crippen LogP contribution in [0.1, 0.15) is 5.56 Å². The molecule has 0 spiro atoms. The van der Waals surface area contributed by atoms with Gasteiger partial charge in [0.1, 0.15) is 17.3 Å². The summed E-state index contributed by atoms with van der Waals surface area (Å²) in [6.07, 6.45) is 3.42. The molecule has 0 saturated carbocycles. The maximum Gasteiger partial charge on any atom is 0.129 e. The van der Waals surface area contributed by atoms with Crippen LogP contribution >= 0.6 is 0 Å². The lowest BCUT2D eigenvalue weighted by atomic mass is 10.0. The summed E-state index contributed by atoms with van der Waals surface area (Å²) >= 11 is 0. The smallest absolute Gasteiger partial charge is 0.129 e. The van der Waals surface area contributed by atoms with Crippen LogP contribution in [0.25, 0.3) is 22.4 Å². The second kappa shape index (κ2) is 5.01. The minimum atomic E-state index is -0.286. The molecule has 0 aliphatic heterocycles. The Morgan fingerprint density at radius 1 is 1.19 bits per heavy atom. The van der Waals surface area contributed by atoms with E-state index >= 15 is 0 Å². The number of pyridine rings is 1. The first-order valence-electron chi connectivity index (χ1n) is 6.56. The van der Waals surface area contributed by atoms with E-state index in [4.69, 9.17) is 5.73 Å². The molecule has 0 aliphatic carbocycles. The number of hydrogen-bond acceptors (Lipinski definition) is 3. The molecular formula is C16H15FN4. The van der Waals surface area contributed by atoms with E-state index in [9.17, 15) is 4.39 Å². The number of hydrogen-bond donors (Lipinski definition) is 1. The van der Waals surface area contributed by atoms with Crippen LogP contribution in [0.4, 0.5) is 10.2 Å². The van der Waals surface area contributed by atoms with E-state index in [-0.39, 0.29) is 5.82 Å². The summed E-state index contributed by atoms with van der Waals surface area (Å²) in [7, 11) is 1.77. The summed E-state index contributed by atoms with van der Waals surface area (Å²) in [5.41, 5.74) is 9.97. The van der Waals surface area contributed by atoms with Crippen molar-refractivity contribution in [3.8, 4) is 22.4 Å². The Labute approximate surface area is 122 Å². The van der Waals surface area contributed by atoms with E-state index in [1.165, 1.54) is 12.1 Å². The Morgan fingerprint density at radius 3 is 2.67 bits per heavy atom. The van der Waals surface area contributed by atoms with Gasteiger partial charge in [0.25, 0.3) is 0 Å². The maximum absolute atomic E-state index is 13.7. The minimum absolute atomic E-state index is 0.286. The molecule has 0 atom stereocenters. The van der Waals surface area contributed by atoms with Crippen LogP contribution in [0, 0.1) is 12.7 Å². The quantitative estimate of drug-likeness (QED) is 0.785. The summed E-state index contributed by atoms with van der Waals surface area (Å²) in [6.45, 7) is 1.85. The van der Waals surface area contributed by atoms with Crippen molar-refractivity contribution in [2.45, 2.75) is 6.92 Å². The van der Waals surface area contributed by atoms with E-state index in [0.717, 1.165) is 16.7 Å². The Balaban J connectivity index is 2.26. The standard InChI is InChI=1S/C16H15FN4/c1-10-6-12(8-13(17)7-10)15-14(16(18)21(2)20-15)11-4-3-5-19-9-11/h3-9H,18H2,1-2H3. The normalized spacial score (nSPS) is 10.8. The number of benzene rings is 1. The summed E-state index contributed by atoms with van der Waals surface area (Å²) in [5.74, 6) is 0.242. The molecule has 0 amide bonds. The van der Waals surface area contributed by atoms with Gasteiger partial charge in [0, 0.05) is 30.6 Å². The lowest BCUT2D eigenvalue weighted by molar-refractivity contribution is 0.627. The van der Waals surface area contributed by atoms with Crippen molar-refractivity contribution in [1.29, 1.82) is 0 Å². The van der Waals surface area contributed by atoms with E-state index in [1.54, 1.807) is 24.1 Å². The minimum Gasteiger partial charge on any atom is -0.383 e. The highest BCUT2D eigenvalue weighted by Crippen LogP contribution is 2.35. The first kappa shape index (κ1) is 13.3. The molecule has 1 aromatic carbocycles. The molecule has 3 aromatic rings. The Kier molecular flexibility index (Phi) is 3.17. The predicted molar refractivity (Wildman–Crippen MR) is 81.0 cm³/mol. The number of nitrogens with zero attached hydrogens (tertiary/aromatic N) is 3. The number of halogens is 1. The van der Waals surface area contributed by atoms with Crippen molar-refractivity contribution in [3.63, 3.8) is 0 Å². The third-order valence-corrected chi connectivity index (χ3v) is 3.36. The highest BCUT2D eigenvalue weighted by Gasteiger charge is 2.18. The van der Waals surface area contributed by atoms with Crippen LogP contribution in [-0.2, 0) is 7.05 Å². The van der Waals surface area contributed by atoms with Crippen LogP contribution < -0.4 is 5.73 Å². The molecule has 0 unspecified atom stereocenters. The molecule has 2 aromatic heterocycles. The average Bonchev–Trinajstić information content (AvgIpc) is 2.75. The number of aromatic nitrogens is 3. The van der Waals surface area contributed by atoms with Crippen molar-refractivity contribution in [2.75, 3.05) is 5.73 Å². The highest BCUT2D eigenvalue weighted by molar-refractivity contribution is 5.87. The number of rotatable bonds is 2. The third kappa shape index (κ3) is 2.38. The van der Waals surface area contributed by atoms with Gasteiger partial charge in [-0.2, -0.15) is 5.10 Å². The fourth-order valence-corrected chi connectivity index (χ4v) is 2.41. The van der Waals surface area contributed by atoms with E-state index < -0.39 is 0 Å². The fourth-order valence-electron chi connectivity index (χ4n) is 2.41. The van der Waals surface area contributed by atoms with Gasteiger partial charge in [0.15, 0.2) is 0 Å². The predicted octanol–water partition coefficient (Wildman–Crippen LogP) is 3.18. The largest absolute Gasteiger partial charge is 0.383 e. The van der Waals surface area contributed by atoms with Gasteiger partial charge in [-0.25, -0.2) is 4.39 Å². The van der Waals surface area contributed by atoms with Crippen LogP contribution in [0.15, 0.2) is 42.7 Å². The fraction of sp³-hybridized carbons (Fsp3) is 0.125. The van der Waals surface area contributed by atoms with Gasteiger partial charge < -0.3 is 5.73 Å². The first-order valence-corrected chi connectivity index (χ1v) is 6.56. The summed E-state index contributed by atoms with van der Waals surface area (Å²) in [5, 5.41) is 4.44. The molecule has 4 nitrogen and oxygen atoms in total. The molecule has 106 valence electrons. The zero-order valence-corrected chi connectivity index (χ0v) is 11.8. The summed E-state index contributed by atoms with van der Waals surface area (Å²) in [6, 6.07) is 8.59. The number of aryl methyl sites for hydroxylation is 2. The summed E-state index contributed by atoms with van der Waals surface area (Å²) < 4.78 is 15.3. The molecular weight excluding hydrogens is 267 g/mol. The molecule has 3 rings (SSSR count). The molecule has 0 saturated heterocycles. The van der Waals surface area contributed by atoms with Gasteiger partial charge >= 0.3 is 0 Å². The molecule has 0 aliphatic rings. The van der Waals surface area contributed by atoms with Crippen molar-refractivity contribution < 1.29 is 4.39 Å². The average molecular weight is 282 g/mol. The number of anilines is 1. The van der Waals surface area contributed by atoms with Crippen LogP contribution in [-0.4, -0.2) is 14.8 Å². The highest BCUT2D eigenvalue weighted by atomic mass is 19.1. The van der Waals surface area contributed by atoms with Gasteiger partial charge in [-0.05, 0) is 36.8 Å². The lowest BCUT2D eigenvalue weighted by Crippen LogP contribution is -1.98. The maximum atomic E-state index is 13.7. The molecule has 2 heterocycles. The van der Waals surface area contributed by atoms with E-state index in [2.05, 4.69) is 10.1 Å². The Morgan fingerprint density at radius 2 is 2.00 bits per heavy atom. The Bertz CT molecular complexity index is 773. The summed E-state index contributed by atoms with van der Waals surface area (Å²) in [4.78, 5) is 4.11. The van der Waals surface area contributed by atoms with Gasteiger partial charge in [-0.3, -0.25) is 9.67 Å².